The average Bonchev–Trinajstić information content (AvgIpc) is 3.00. The van der Waals surface area contributed by atoms with E-state index in [-0.39, 0.29) is 5.91 Å². The standard InChI is InChI=1S/C18H23N3O3/c1-13-19-17(24-20-13)11-14-6-8-21(9-7-14)18(22)12-15-4-3-5-16(10-15)23-2/h3-5,10,14H,6-9,11-12H2,1-2H3. The van der Waals surface area contributed by atoms with Crippen LogP contribution in [0.4, 0.5) is 0 Å². The lowest BCUT2D eigenvalue weighted by molar-refractivity contribution is -0.131. The fourth-order valence-corrected chi connectivity index (χ4v) is 3.13. The van der Waals surface area contributed by atoms with E-state index in [2.05, 4.69) is 10.1 Å². The Hall–Kier alpha value is -2.37. The summed E-state index contributed by atoms with van der Waals surface area (Å²) >= 11 is 0. The maximum absolute atomic E-state index is 12.5. The number of carbonyl (C=O) groups is 1. The summed E-state index contributed by atoms with van der Waals surface area (Å²) in [6.45, 7) is 3.41. The Bertz CT molecular complexity index is 690. The lowest BCUT2D eigenvalue weighted by Crippen LogP contribution is -2.39. The number of carbonyl (C=O) groups excluding carboxylic acids is 1. The molecule has 0 spiro atoms. The van der Waals surface area contributed by atoms with E-state index in [9.17, 15) is 4.79 Å². The number of benzene rings is 1. The fraction of sp³-hybridized carbons (Fsp3) is 0.500. The third kappa shape index (κ3) is 4.13. The lowest BCUT2D eigenvalue weighted by atomic mass is 9.93. The minimum atomic E-state index is 0.176. The van der Waals surface area contributed by atoms with Crippen LogP contribution in [0.1, 0.15) is 30.1 Å². The first-order chi connectivity index (χ1) is 11.6. The van der Waals surface area contributed by atoms with Gasteiger partial charge in [-0.1, -0.05) is 17.3 Å². The highest BCUT2D eigenvalue weighted by Gasteiger charge is 2.24. The molecular weight excluding hydrogens is 306 g/mol. The zero-order chi connectivity index (χ0) is 16.9. The molecule has 6 nitrogen and oxygen atoms in total. The number of aryl methyl sites for hydroxylation is 1. The monoisotopic (exact) mass is 329 g/mol. The largest absolute Gasteiger partial charge is 0.497 e. The van der Waals surface area contributed by atoms with Crippen molar-refractivity contribution < 1.29 is 14.1 Å². The number of aromatic nitrogens is 2. The molecule has 1 saturated heterocycles. The van der Waals surface area contributed by atoms with Crippen LogP contribution in [0.5, 0.6) is 5.75 Å². The first-order valence-corrected chi connectivity index (χ1v) is 8.34. The van der Waals surface area contributed by atoms with Gasteiger partial charge in [-0.05, 0) is 43.4 Å². The van der Waals surface area contributed by atoms with Crippen molar-refractivity contribution >= 4 is 5.91 Å². The quantitative estimate of drug-likeness (QED) is 0.842. The molecule has 0 bridgehead atoms. The van der Waals surface area contributed by atoms with E-state index in [0.717, 1.165) is 43.7 Å². The fourth-order valence-electron chi connectivity index (χ4n) is 3.13. The lowest BCUT2D eigenvalue weighted by Gasteiger charge is -2.31. The number of hydrogen-bond donors (Lipinski definition) is 0. The molecule has 0 radical (unpaired) electrons. The van der Waals surface area contributed by atoms with Crippen LogP contribution in [0.25, 0.3) is 0 Å². The predicted molar refractivity (Wildman–Crippen MR) is 88.7 cm³/mol. The van der Waals surface area contributed by atoms with Crippen LogP contribution in [0.15, 0.2) is 28.8 Å². The zero-order valence-electron chi connectivity index (χ0n) is 14.2. The first kappa shape index (κ1) is 16.5. The van der Waals surface area contributed by atoms with E-state index in [1.165, 1.54) is 0 Å². The smallest absolute Gasteiger partial charge is 0.226 e. The molecule has 0 atom stereocenters. The summed E-state index contributed by atoms with van der Waals surface area (Å²) in [4.78, 5) is 18.7. The molecule has 1 fully saturated rings. The summed E-state index contributed by atoms with van der Waals surface area (Å²) < 4.78 is 10.4. The molecule has 6 heteroatoms. The van der Waals surface area contributed by atoms with Gasteiger partial charge in [-0.25, -0.2) is 0 Å². The van der Waals surface area contributed by atoms with E-state index in [1.807, 2.05) is 36.1 Å². The van der Waals surface area contributed by atoms with Gasteiger partial charge in [0.25, 0.3) is 0 Å². The number of amides is 1. The van der Waals surface area contributed by atoms with Crippen molar-refractivity contribution in [3.8, 4) is 5.75 Å². The predicted octanol–water partition coefficient (Wildman–Crippen LogP) is 2.41. The Balaban J connectivity index is 1.49. The van der Waals surface area contributed by atoms with Gasteiger partial charge in [-0.15, -0.1) is 0 Å². The molecule has 1 aliphatic heterocycles. The highest BCUT2D eigenvalue weighted by molar-refractivity contribution is 5.79. The molecule has 1 aromatic carbocycles. The van der Waals surface area contributed by atoms with Crippen LogP contribution in [-0.4, -0.2) is 41.1 Å². The molecule has 0 aliphatic carbocycles. The van der Waals surface area contributed by atoms with Crippen molar-refractivity contribution in [3.05, 3.63) is 41.5 Å². The van der Waals surface area contributed by atoms with Crippen LogP contribution in [-0.2, 0) is 17.6 Å². The summed E-state index contributed by atoms with van der Waals surface area (Å²) in [7, 11) is 1.64. The van der Waals surface area contributed by atoms with Gasteiger partial charge in [0.15, 0.2) is 5.82 Å². The molecule has 0 N–H and O–H groups in total. The van der Waals surface area contributed by atoms with Crippen molar-refractivity contribution in [3.63, 3.8) is 0 Å². The minimum absolute atomic E-state index is 0.176. The number of piperidine rings is 1. The van der Waals surface area contributed by atoms with E-state index < -0.39 is 0 Å². The van der Waals surface area contributed by atoms with E-state index in [0.29, 0.717) is 24.1 Å². The number of nitrogens with zero attached hydrogens (tertiary/aromatic N) is 3. The summed E-state index contributed by atoms with van der Waals surface area (Å²) in [6, 6.07) is 7.69. The van der Waals surface area contributed by atoms with Gasteiger partial charge < -0.3 is 14.2 Å². The van der Waals surface area contributed by atoms with Gasteiger partial charge in [0.1, 0.15) is 5.75 Å². The summed E-state index contributed by atoms with van der Waals surface area (Å²) in [6.07, 6.45) is 3.18. The SMILES string of the molecule is COc1cccc(CC(=O)N2CCC(Cc3nc(C)no3)CC2)c1. The van der Waals surface area contributed by atoms with Gasteiger partial charge >= 0.3 is 0 Å². The first-order valence-electron chi connectivity index (χ1n) is 8.34. The molecule has 0 saturated carbocycles. The molecule has 1 aromatic heterocycles. The van der Waals surface area contributed by atoms with Crippen LogP contribution < -0.4 is 4.74 Å². The van der Waals surface area contributed by atoms with Crippen molar-refractivity contribution in [2.45, 2.75) is 32.6 Å². The Morgan fingerprint density at radius 3 is 2.83 bits per heavy atom. The molecular formula is C18H23N3O3. The Morgan fingerprint density at radius 2 is 2.17 bits per heavy atom. The minimum Gasteiger partial charge on any atom is -0.497 e. The van der Waals surface area contributed by atoms with Gasteiger partial charge in [0, 0.05) is 19.5 Å². The van der Waals surface area contributed by atoms with Gasteiger partial charge in [0.2, 0.25) is 11.8 Å². The second kappa shape index (κ2) is 7.47. The molecule has 1 amide bonds. The second-order valence-corrected chi connectivity index (χ2v) is 6.29. The van der Waals surface area contributed by atoms with E-state index in [1.54, 1.807) is 7.11 Å². The summed E-state index contributed by atoms with van der Waals surface area (Å²) in [5.74, 6) is 2.85. The van der Waals surface area contributed by atoms with Gasteiger partial charge in [0.05, 0.1) is 13.5 Å². The second-order valence-electron chi connectivity index (χ2n) is 6.29. The van der Waals surface area contributed by atoms with E-state index >= 15 is 0 Å². The molecule has 0 unspecified atom stereocenters. The number of hydrogen-bond acceptors (Lipinski definition) is 5. The van der Waals surface area contributed by atoms with Crippen molar-refractivity contribution in [2.75, 3.05) is 20.2 Å². The third-order valence-electron chi connectivity index (χ3n) is 4.49. The van der Waals surface area contributed by atoms with Crippen LogP contribution in [0, 0.1) is 12.8 Å². The summed E-state index contributed by atoms with van der Waals surface area (Å²) in [5.41, 5.74) is 0.989. The normalized spacial score (nSPS) is 15.5. The Morgan fingerprint density at radius 1 is 1.38 bits per heavy atom. The molecule has 3 rings (SSSR count). The van der Waals surface area contributed by atoms with Gasteiger partial charge in [-0.3, -0.25) is 4.79 Å². The number of likely N-dealkylation sites (tertiary alicyclic amines) is 1. The average molecular weight is 329 g/mol. The third-order valence-corrected chi connectivity index (χ3v) is 4.49. The number of rotatable bonds is 5. The van der Waals surface area contributed by atoms with E-state index in [4.69, 9.17) is 9.26 Å². The molecule has 1 aliphatic rings. The highest BCUT2D eigenvalue weighted by atomic mass is 16.5. The van der Waals surface area contributed by atoms with Crippen molar-refractivity contribution in [1.82, 2.24) is 15.0 Å². The Kier molecular flexibility index (Phi) is 5.13. The molecule has 2 aromatic rings. The molecule has 24 heavy (non-hydrogen) atoms. The molecule has 2 heterocycles. The number of ether oxygens (including phenoxy) is 1. The van der Waals surface area contributed by atoms with Crippen molar-refractivity contribution in [1.29, 1.82) is 0 Å². The Labute approximate surface area is 141 Å². The van der Waals surface area contributed by atoms with Crippen molar-refractivity contribution in [2.24, 2.45) is 5.92 Å². The zero-order valence-corrected chi connectivity index (χ0v) is 14.2. The van der Waals surface area contributed by atoms with Gasteiger partial charge in [-0.2, -0.15) is 4.98 Å². The maximum Gasteiger partial charge on any atom is 0.226 e. The molecule has 128 valence electrons. The highest BCUT2D eigenvalue weighted by Crippen LogP contribution is 2.22. The van der Waals surface area contributed by atoms with Crippen LogP contribution >= 0.6 is 0 Å². The maximum atomic E-state index is 12.5. The summed E-state index contributed by atoms with van der Waals surface area (Å²) in [5, 5.41) is 3.83. The topological polar surface area (TPSA) is 68.5 Å². The van der Waals surface area contributed by atoms with Crippen LogP contribution in [0.2, 0.25) is 0 Å². The van der Waals surface area contributed by atoms with Crippen LogP contribution in [0.3, 0.4) is 0 Å². The number of methoxy groups -OCH3 is 1.